The summed E-state index contributed by atoms with van der Waals surface area (Å²) in [4.78, 5) is 16.2. The number of rotatable bonds is 14. The predicted molar refractivity (Wildman–Crippen MR) is 91.4 cm³/mol. The molecule has 0 saturated heterocycles. The van der Waals surface area contributed by atoms with E-state index >= 15 is 0 Å². The number of hydrogen-bond acceptors (Lipinski definition) is 7. The monoisotopic (exact) mass is 340 g/mol. The van der Waals surface area contributed by atoms with Crippen molar-refractivity contribution >= 4 is 11.6 Å². The molecule has 1 rings (SSSR count). The Hall–Kier alpha value is -1.54. The predicted octanol–water partition coefficient (Wildman–Crippen LogP) is 1.37. The molecule has 7 heteroatoms. The van der Waals surface area contributed by atoms with Crippen LogP contribution in [0.25, 0.3) is 0 Å². The largest absolute Gasteiger partial charge is 0.394 e. The summed E-state index contributed by atoms with van der Waals surface area (Å²) in [5.74, 6) is 0.641. The van der Waals surface area contributed by atoms with Crippen molar-refractivity contribution in [1.82, 2.24) is 4.98 Å². The fourth-order valence-electron chi connectivity index (χ4n) is 1.82. The van der Waals surface area contributed by atoms with Gasteiger partial charge in [0.05, 0.1) is 46.2 Å². The van der Waals surface area contributed by atoms with Gasteiger partial charge in [-0.2, -0.15) is 0 Å². The van der Waals surface area contributed by atoms with Gasteiger partial charge in [0.15, 0.2) is 5.78 Å². The van der Waals surface area contributed by atoms with Crippen molar-refractivity contribution in [2.45, 2.75) is 13.8 Å². The molecule has 0 radical (unpaired) electrons. The van der Waals surface area contributed by atoms with Gasteiger partial charge in [-0.1, -0.05) is 19.9 Å². The van der Waals surface area contributed by atoms with Gasteiger partial charge in [-0.25, -0.2) is 4.98 Å². The Morgan fingerprint density at radius 2 is 1.71 bits per heavy atom. The Kier molecular flexibility index (Phi) is 11.0. The SMILES string of the molecule is CC(C)C(=O)c1cccc(NCCOCCOCCOCCO)n1. The quantitative estimate of drug-likeness (QED) is 0.390. The number of ketones is 1. The number of Topliss-reactive ketones (excluding diaryl/α,β-unsaturated/α-hetero) is 1. The number of aliphatic hydroxyl groups is 1. The van der Waals surface area contributed by atoms with E-state index in [1.165, 1.54) is 0 Å². The zero-order chi connectivity index (χ0) is 17.6. The molecular weight excluding hydrogens is 312 g/mol. The summed E-state index contributed by atoms with van der Waals surface area (Å²) < 4.78 is 15.8. The standard InChI is InChI=1S/C17H28N2O5/c1-14(2)17(21)15-4-3-5-16(19-15)18-6-8-22-10-12-24-13-11-23-9-7-20/h3-5,14,20H,6-13H2,1-2H3,(H,18,19). The van der Waals surface area contributed by atoms with Crippen LogP contribution >= 0.6 is 0 Å². The molecule has 24 heavy (non-hydrogen) atoms. The third-order valence-electron chi connectivity index (χ3n) is 3.06. The van der Waals surface area contributed by atoms with E-state index in [0.29, 0.717) is 57.7 Å². The number of carbonyl (C=O) groups excluding carboxylic acids is 1. The van der Waals surface area contributed by atoms with Gasteiger partial charge in [0.25, 0.3) is 0 Å². The first-order chi connectivity index (χ1) is 11.6. The van der Waals surface area contributed by atoms with Crippen molar-refractivity contribution < 1.29 is 24.1 Å². The van der Waals surface area contributed by atoms with Gasteiger partial charge in [-0.15, -0.1) is 0 Å². The molecule has 0 unspecified atom stereocenters. The van der Waals surface area contributed by atoms with E-state index in [9.17, 15) is 4.79 Å². The van der Waals surface area contributed by atoms with Crippen LogP contribution in [0.5, 0.6) is 0 Å². The average molecular weight is 340 g/mol. The second-order valence-corrected chi connectivity index (χ2v) is 5.41. The third kappa shape index (κ3) is 8.93. The van der Waals surface area contributed by atoms with E-state index in [1.54, 1.807) is 6.07 Å². The molecule has 0 atom stereocenters. The molecular formula is C17H28N2O5. The van der Waals surface area contributed by atoms with E-state index in [0.717, 1.165) is 0 Å². The van der Waals surface area contributed by atoms with Crippen molar-refractivity contribution in [2.24, 2.45) is 5.92 Å². The molecule has 0 aromatic carbocycles. The van der Waals surface area contributed by atoms with Gasteiger partial charge in [0.1, 0.15) is 11.5 Å². The zero-order valence-electron chi connectivity index (χ0n) is 14.5. The molecule has 0 amide bonds. The zero-order valence-corrected chi connectivity index (χ0v) is 14.5. The molecule has 1 aromatic rings. The maximum atomic E-state index is 11.9. The number of nitrogens with zero attached hydrogens (tertiary/aromatic N) is 1. The van der Waals surface area contributed by atoms with Crippen LogP contribution in [0.3, 0.4) is 0 Å². The second-order valence-electron chi connectivity index (χ2n) is 5.41. The fourth-order valence-corrected chi connectivity index (χ4v) is 1.82. The summed E-state index contributed by atoms with van der Waals surface area (Å²) in [5.41, 5.74) is 0.479. The number of carbonyl (C=O) groups is 1. The van der Waals surface area contributed by atoms with Crippen LogP contribution in [-0.2, 0) is 14.2 Å². The number of aliphatic hydroxyl groups excluding tert-OH is 1. The molecule has 0 fully saturated rings. The van der Waals surface area contributed by atoms with Crippen molar-refractivity contribution in [1.29, 1.82) is 0 Å². The van der Waals surface area contributed by atoms with Gasteiger partial charge < -0.3 is 24.6 Å². The molecule has 0 saturated carbocycles. The van der Waals surface area contributed by atoms with Crippen LogP contribution in [0, 0.1) is 5.92 Å². The number of ether oxygens (including phenoxy) is 3. The molecule has 0 aliphatic rings. The van der Waals surface area contributed by atoms with Crippen LogP contribution < -0.4 is 5.32 Å². The van der Waals surface area contributed by atoms with E-state index in [4.69, 9.17) is 19.3 Å². The Labute approximate surface area is 143 Å². The van der Waals surface area contributed by atoms with E-state index in [-0.39, 0.29) is 18.3 Å². The number of nitrogens with one attached hydrogen (secondary N) is 1. The highest BCUT2D eigenvalue weighted by Crippen LogP contribution is 2.09. The highest BCUT2D eigenvalue weighted by atomic mass is 16.5. The Balaban J connectivity index is 2.07. The summed E-state index contributed by atoms with van der Waals surface area (Å²) in [6, 6.07) is 5.37. The van der Waals surface area contributed by atoms with Crippen LogP contribution in [0.15, 0.2) is 18.2 Å². The molecule has 0 bridgehead atoms. The molecule has 0 aliphatic heterocycles. The number of anilines is 1. The van der Waals surface area contributed by atoms with Crippen molar-refractivity contribution in [2.75, 3.05) is 58.1 Å². The van der Waals surface area contributed by atoms with Crippen molar-refractivity contribution in [3.05, 3.63) is 23.9 Å². The van der Waals surface area contributed by atoms with Crippen LogP contribution in [0.1, 0.15) is 24.3 Å². The molecule has 2 N–H and O–H groups in total. The number of hydrogen-bond donors (Lipinski definition) is 2. The first-order valence-corrected chi connectivity index (χ1v) is 8.24. The van der Waals surface area contributed by atoms with Gasteiger partial charge in [-0.05, 0) is 12.1 Å². The summed E-state index contributed by atoms with van der Waals surface area (Å²) in [6.45, 7) is 7.17. The third-order valence-corrected chi connectivity index (χ3v) is 3.06. The van der Waals surface area contributed by atoms with Gasteiger partial charge in [-0.3, -0.25) is 4.79 Å². The fraction of sp³-hybridized carbons (Fsp3) is 0.647. The minimum Gasteiger partial charge on any atom is -0.394 e. The first-order valence-electron chi connectivity index (χ1n) is 8.24. The van der Waals surface area contributed by atoms with Crippen LogP contribution in [0.4, 0.5) is 5.82 Å². The van der Waals surface area contributed by atoms with Gasteiger partial charge >= 0.3 is 0 Å². The smallest absolute Gasteiger partial charge is 0.183 e. The summed E-state index contributed by atoms with van der Waals surface area (Å²) in [6.07, 6.45) is 0. The molecule has 7 nitrogen and oxygen atoms in total. The van der Waals surface area contributed by atoms with Crippen LogP contribution in [0.2, 0.25) is 0 Å². The number of pyridine rings is 1. The topological polar surface area (TPSA) is 89.9 Å². The lowest BCUT2D eigenvalue weighted by atomic mass is 10.1. The maximum Gasteiger partial charge on any atom is 0.183 e. The molecule has 1 aromatic heterocycles. The lowest BCUT2D eigenvalue weighted by molar-refractivity contribution is 0.00920. The molecule has 1 heterocycles. The van der Waals surface area contributed by atoms with E-state index in [2.05, 4.69) is 10.3 Å². The normalized spacial score (nSPS) is 11.0. The Morgan fingerprint density at radius 3 is 2.33 bits per heavy atom. The summed E-state index contributed by atoms with van der Waals surface area (Å²) in [7, 11) is 0. The van der Waals surface area contributed by atoms with E-state index < -0.39 is 0 Å². The molecule has 0 aliphatic carbocycles. The van der Waals surface area contributed by atoms with Gasteiger partial charge in [0, 0.05) is 12.5 Å². The average Bonchev–Trinajstić information content (AvgIpc) is 2.59. The van der Waals surface area contributed by atoms with Crippen molar-refractivity contribution in [3.63, 3.8) is 0 Å². The minimum absolute atomic E-state index is 0.0273. The van der Waals surface area contributed by atoms with Gasteiger partial charge in [0.2, 0.25) is 0 Å². The Morgan fingerprint density at radius 1 is 1.08 bits per heavy atom. The highest BCUT2D eigenvalue weighted by Gasteiger charge is 2.11. The lowest BCUT2D eigenvalue weighted by Crippen LogP contribution is -2.15. The lowest BCUT2D eigenvalue weighted by Gasteiger charge is -2.09. The van der Waals surface area contributed by atoms with Crippen molar-refractivity contribution in [3.8, 4) is 0 Å². The molecule has 0 spiro atoms. The minimum atomic E-state index is -0.0647. The molecule has 136 valence electrons. The second kappa shape index (κ2) is 12.8. The number of aromatic nitrogens is 1. The summed E-state index contributed by atoms with van der Waals surface area (Å²) in [5, 5.41) is 11.7. The van der Waals surface area contributed by atoms with E-state index in [1.807, 2.05) is 26.0 Å². The van der Waals surface area contributed by atoms with Crippen LogP contribution in [-0.4, -0.2) is 68.7 Å². The highest BCUT2D eigenvalue weighted by molar-refractivity contribution is 5.95. The maximum absolute atomic E-state index is 11.9. The summed E-state index contributed by atoms with van der Waals surface area (Å²) >= 11 is 0. The Bertz CT molecular complexity index is 468. The first kappa shape index (κ1) is 20.5.